The molecule has 6 nitrogen and oxygen atoms in total. The highest BCUT2D eigenvalue weighted by Gasteiger charge is 2.22. The highest BCUT2D eigenvalue weighted by Crippen LogP contribution is 2.40. The van der Waals surface area contributed by atoms with Gasteiger partial charge in [-0.05, 0) is 46.1 Å². The van der Waals surface area contributed by atoms with Gasteiger partial charge in [-0.15, -0.1) is 11.3 Å². The summed E-state index contributed by atoms with van der Waals surface area (Å²) in [5.74, 6) is 1.27. The Morgan fingerprint density at radius 2 is 1.69 bits per heavy atom. The minimum absolute atomic E-state index is 0.0930. The van der Waals surface area contributed by atoms with Crippen LogP contribution in [0.1, 0.15) is 81.5 Å². The number of rotatable bonds is 10. The Hall–Kier alpha value is -2.93. The van der Waals surface area contributed by atoms with Crippen LogP contribution in [0.2, 0.25) is 0 Å². The molecule has 1 aromatic carbocycles. The van der Waals surface area contributed by atoms with Crippen molar-refractivity contribution < 1.29 is 4.79 Å². The summed E-state index contributed by atoms with van der Waals surface area (Å²) in [5, 5.41) is 5.84. The number of amides is 2. The average molecular weight is 508 g/mol. The molecule has 0 aliphatic carbocycles. The third-order valence-electron chi connectivity index (χ3n) is 6.51. The van der Waals surface area contributed by atoms with Gasteiger partial charge in [0, 0.05) is 57.1 Å². The number of anilines is 1. The molecule has 2 heterocycles. The summed E-state index contributed by atoms with van der Waals surface area (Å²) < 4.78 is 0. The normalized spacial score (nSPS) is 11.4. The molecule has 7 heteroatoms. The molecule has 0 spiro atoms. The number of carbonyl (C=O) groups excluding carboxylic acids is 1. The lowest BCUT2D eigenvalue weighted by Gasteiger charge is -2.25. The van der Waals surface area contributed by atoms with Gasteiger partial charge in [-0.25, -0.2) is 9.78 Å². The molecule has 0 atom stereocenters. The first-order valence-corrected chi connectivity index (χ1v) is 13.7. The van der Waals surface area contributed by atoms with E-state index in [2.05, 4.69) is 80.3 Å². The van der Waals surface area contributed by atoms with Crippen LogP contribution < -0.4 is 10.2 Å². The summed E-state index contributed by atoms with van der Waals surface area (Å²) in [4.78, 5) is 25.5. The zero-order chi connectivity index (χ0) is 26.4. The number of urea groups is 1. The second-order valence-corrected chi connectivity index (χ2v) is 11.1. The number of hydrogen-bond donors (Lipinski definition) is 1. The van der Waals surface area contributed by atoms with Gasteiger partial charge in [0.15, 0.2) is 5.13 Å². The average Bonchev–Trinajstić information content (AvgIpc) is 3.35. The van der Waals surface area contributed by atoms with E-state index in [1.54, 1.807) is 29.5 Å². The maximum Gasteiger partial charge on any atom is 0.316 e. The van der Waals surface area contributed by atoms with E-state index in [1.165, 1.54) is 22.3 Å². The lowest BCUT2D eigenvalue weighted by Crippen LogP contribution is -2.40. The van der Waals surface area contributed by atoms with E-state index < -0.39 is 0 Å². The zero-order valence-corrected chi connectivity index (χ0v) is 23.8. The van der Waals surface area contributed by atoms with Crippen LogP contribution in [0.3, 0.4) is 0 Å². The van der Waals surface area contributed by atoms with Gasteiger partial charge in [-0.3, -0.25) is 4.98 Å². The molecule has 0 fully saturated rings. The summed E-state index contributed by atoms with van der Waals surface area (Å²) in [6, 6.07) is 8.69. The van der Waals surface area contributed by atoms with Crippen LogP contribution in [0.15, 0.2) is 42.0 Å². The summed E-state index contributed by atoms with van der Waals surface area (Å²) in [6.45, 7) is 15.5. The van der Waals surface area contributed by atoms with Crippen molar-refractivity contribution >= 4 is 22.5 Å². The molecule has 2 amide bonds. The summed E-state index contributed by atoms with van der Waals surface area (Å²) >= 11 is 1.66. The fourth-order valence-electron chi connectivity index (χ4n) is 4.29. The van der Waals surface area contributed by atoms with Crippen molar-refractivity contribution in [3.05, 3.63) is 64.3 Å². The molecular formula is C29H41N5OS. The van der Waals surface area contributed by atoms with Gasteiger partial charge in [0.05, 0.1) is 5.69 Å². The van der Waals surface area contributed by atoms with Gasteiger partial charge in [0.2, 0.25) is 0 Å². The van der Waals surface area contributed by atoms with Crippen LogP contribution in [0, 0.1) is 0 Å². The van der Waals surface area contributed by atoms with Crippen LogP contribution in [-0.2, 0) is 6.54 Å². The Balaban J connectivity index is 2.02. The van der Waals surface area contributed by atoms with Gasteiger partial charge < -0.3 is 15.1 Å². The predicted octanol–water partition coefficient (Wildman–Crippen LogP) is 6.85. The Labute approximate surface area is 220 Å². The van der Waals surface area contributed by atoms with Gasteiger partial charge in [-0.1, -0.05) is 59.7 Å². The number of thiazole rings is 1. The van der Waals surface area contributed by atoms with Crippen molar-refractivity contribution in [2.45, 2.75) is 65.8 Å². The third kappa shape index (κ3) is 6.64. The molecule has 0 unspecified atom stereocenters. The highest BCUT2D eigenvalue weighted by atomic mass is 32.1. The molecule has 0 radical (unpaired) electrons. The lowest BCUT2D eigenvalue weighted by molar-refractivity contribution is 0.212. The Kier molecular flexibility index (Phi) is 9.49. The Bertz CT molecular complexity index is 1110. The molecule has 0 saturated heterocycles. The fourth-order valence-corrected chi connectivity index (χ4v) is 5.14. The molecule has 0 aliphatic rings. The molecule has 0 aliphatic heterocycles. The largest absolute Gasteiger partial charge is 0.342 e. The van der Waals surface area contributed by atoms with Crippen molar-refractivity contribution in [3.63, 3.8) is 0 Å². The van der Waals surface area contributed by atoms with Crippen molar-refractivity contribution in [3.8, 4) is 11.3 Å². The van der Waals surface area contributed by atoms with Crippen LogP contribution in [0.4, 0.5) is 9.93 Å². The molecule has 0 bridgehead atoms. The van der Waals surface area contributed by atoms with Crippen molar-refractivity contribution in [1.29, 1.82) is 0 Å². The Morgan fingerprint density at radius 1 is 1.03 bits per heavy atom. The summed E-state index contributed by atoms with van der Waals surface area (Å²) in [7, 11) is 3.47. The minimum atomic E-state index is -0.0930. The second kappa shape index (κ2) is 12.3. The van der Waals surface area contributed by atoms with Crippen molar-refractivity contribution in [2.75, 3.05) is 32.1 Å². The fraction of sp³-hybridized carbons (Fsp3) is 0.483. The van der Waals surface area contributed by atoms with E-state index in [-0.39, 0.29) is 6.03 Å². The first-order chi connectivity index (χ1) is 17.1. The first-order valence-electron chi connectivity index (χ1n) is 12.8. The third-order valence-corrected chi connectivity index (χ3v) is 7.41. The van der Waals surface area contributed by atoms with Crippen LogP contribution in [0.5, 0.6) is 0 Å². The van der Waals surface area contributed by atoms with Crippen LogP contribution in [0.25, 0.3) is 11.3 Å². The molecule has 2 aromatic heterocycles. The first kappa shape index (κ1) is 27.7. The van der Waals surface area contributed by atoms with Crippen LogP contribution >= 0.6 is 11.3 Å². The second-order valence-electron chi connectivity index (χ2n) is 10.3. The molecule has 194 valence electrons. The van der Waals surface area contributed by atoms with Crippen molar-refractivity contribution in [2.24, 2.45) is 0 Å². The van der Waals surface area contributed by atoms with E-state index in [0.29, 0.717) is 37.4 Å². The van der Waals surface area contributed by atoms with E-state index >= 15 is 0 Å². The zero-order valence-electron chi connectivity index (χ0n) is 23.0. The quantitative estimate of drug-likeness (QED) is 0.326. The summed E-state index contributed by atoms with van der Waals surface area (Å²) in [5.41, 5.74) is 7.53. The molecular weight excluding hydrogens is 466 g/mol. The monoisotopic (exact) mass is 507 g/mol. The van der Waals surface area contributed by atoms with Crippen LogP contribution in [-0.4, -0.2) is 48.1 Å². The van der Waals surface area contributed by atoms with Gasteiger partial charge in [0.1, 0.15) is 0 Å². The van der Waals surface area contributed by atoms with Crippen molar-refractivity contribution in [1.82, 2.24) is 20.2 Å². The number of likely N-dealkylation sites (N-methyl/N-ethyl adjacent to an activating group) is 1. The summed E-state index contributed by atoms with van der Waals surface area (Å²) in [6.07, 6.45) is 3.68. The van der Waals surface area contributed by atoms with E-state index in [1.807, 2.05) is 19.3 Å². The number of hydrogen-bond acceptors (Lipinski definition) is 5. The lowest BCUT2D eigenvalue weighted by atomic mass is 9.83. The SMILES string of the molecule is CNC(=O)N(C)CCN(Cc1cccnc1)c1nc(-c2c(C(C)C)cc(C(C)C)cc2C(C)C)cs1. The number of nitrogens with one attached hydrogen (secondary N) is 1. The maximum atomic E-state index is 12.1. The number of benzene rings is 1. The smallest absolute Gasteiger partial charge is 0.316 e. The highest BCUT2D eigenvalue weighted by molar-refractivity contribution is 7.14. The topological polar surface area (TPSA) is 61.4 Å². The Morgan fingerprint density at radius 3 is 2.22 bits per heavy atom. The molecule has 3 aromatic rings. The number of nitrogens with zero attached hydrogens (tertiary/aromatic N) is 4. The van der Waals surface area contributed by atoms with Gasteiger partial charge in [-0.2, -0.15) is 0 Å². The van der Waals surface area contributed by atoms with Gasteiger partial charge in [0.25, 0.3) is 0 Å². The molecule has 0 saturated carbocycles. The number of carbonyl (C=O) groups is 1. The molecule has 1 N–H and O–H groups in total. The minimum Gasteiger partial charge on any atom is -0.342 e. The van der Waals surface area contributed by atoms with E-state index in [4.69, 9.17) is 4.98 Å². The maximum absolute atomic E-state index is 12.1. The van der Waals surface area contributed by atoms with E-state index in [0.717, 1.165) is 16.4 Å². The van der Waals surface area contributed by atoms with Gasteiger partial charge >= 0.3 is 6.03 Å². The number of aromatic nitrogens is 2. The van der Waals surface area contributed by atoms with E-state index in [9.17, 15) is 4.79 Å². The number of pyridine rings is 1. The standard InChI is InChI=1S/C29H41N5OS/c1-19(2)23-14-24(20(3)4)27(25(15-23)21(5)6)26-18-36-29(32-26)34(13-12-33(8)28(35)30-7)17-22-10-9-11-31-16-22/h9-11,14-16,18-21H,12-13,17H2,1-8H3,(H,30,35). The molecule has 36 heavy (non-hydrogen) atoms. The molecule has 3 rings (SSSR count). The predicted molar refractivity (Wildman–Crippen MR) is 152 cm³/mol.